The second-order valence-corrected chi connectivity index (χ2v) is 11.3. The highest BCUT2D eigenvalue weighted by Gasteiger charge is 2.22. The number of amides is 1. The number of rotatable bonds is 10. The number of aromatic nitrogens is 2. The highest BCUT2D eigenvalue weighted by Crippen LogP contribution is 2.27. The predicted molar refractivity (Wildman–Crippen MR) is 162 cm³/mol. The van der Waals surface area contributed by atoms with Crippen molar-refractivity contribution in [2.75, 3.05) is 31.2 Å². The van der Waals surface area contributed by atoms with E-state index in [2.05, 4.69) is 22.3 Å². The third-order valence-corrected chi connectivity index (χ3v) is 8.60. The van der Waals surface area contributed by atoms with E-state index in [0.717, 1.165) is 29.9 Å². The third-order valence-electron chi connectivity index (χ3n) is 7.24. The molecule has 1 aliphatic heterocycles. The normalized spacial score (nSPS) is 14.3. The van der Waals surface area contributed by atoms with Crippen LogP contribution in [0, 0.1) is 6.92 Å². The summed E-state index contributed by atoms with van der Waals surface area (Å²) in [6.07, 6.45) is 1.31. The van der Waals surface area contributed by atoms with Gasteiger partial charge in [0.2, 0.25) is 5.91 Å². The summed E-state index contributed by atoms with van der Waals surface area (Å²) in [5.41, 5.74) is 4.97. The lowest BCUT2D eigenvalue weighted by atomic mass is 10.1. The molecular formula is C32H36N4O3S. The van der Waals surface area contributed by atoms with E-state index in [1.807, 2.05) is 74.5 Å². The molecule has 2 heterocycles. The van der Waals surface area contributed by atoms with E-state index in [-0.39, 0.29) is 16.7 Å². The lowest BCUT2D eigenvalue weighted by Gasteiger charge is -2.29. The smallest absolute Gasteiger partial charge is 0.262 e. The van der Waals surface area contributed by atoms with Crippen LogP contribution in [0.1, 0.15) is 30.0 Å². The molecule has 0 spiro atoms. The van der Waals surface area contributed by atoms with Gasteiger partial charge in [-0.15, -0.1) is 0 Å². The van der Waals surface area contributed by atoms with Gasteiger partial charge < -0.3 is 15.0 Å². The molecule has 0 bridgehead atoms. The Bertz CT molecular complexity index is 1500. The van der Waals surface area contributed by atoms with Crippen molar-refractivity contribution in [2.45, 2.75) is 50.2 Å². The van der Waals surface area contributed by atoms with E-state index in [4.69, 9.17) is 9.72 Å². The summed E-state index contributed by atoms with van der Waals surface area (Å²) in [7, 11) is 0. The number of hydrogen-bond donors (Lipinski definition) is 1. The van der Waals surface area contributed by atoms with E-state index < -0.39 is 0 Å². The first-order valence-electron chi connectivity index (χ1n) is 13.9. The molecule has 0 saturated carbocycles. The molecule has 40 heavy (non-hydrogen) atoms. The topological polar surface area (TPSA) is 76.5 Å². The molecule has 1 aliphatic rings. The van der Waals surface area contributed by atoms with Crippen molar-refractivity contribution < 1.29 is 9.53 Å². The average Bonchev–Trinajstić information content (AvgIpc) is 3.00. The summed E-state index contributed by atoms with van der Waals surface area (Å²) in [5.74, 6) is -0.0558. The van der Waals surface area contributed by atoms with Gasteiger partial charge in [-0.2, -0.15) is 0 Å². The molecule has 208 valence electrons. The summed E-state index contributed by atoms with van der Waals surface area (Å²) in [6.45, 7) is 7.93. The molecule has 1 amide bonds. The summed E-state index contributed by atoms with van der Waals surface area (Å²) in [6, 6.07) is 24.2. The minimum atomic E-state index is -0.370. The zero-order chi connectivity index (χ0) is 27.9. The van der Waals surface area contributed by atoms with Gasteiger partial charge >= 0.3 is 0 Å². The molecule has 1 aromatic heterocycles. The Hall–Kier alpha value is -3.62. The molecule has 1 N–H and O–H groups in total. The number of hydrogen-bond acceptors (Lipinski definition) is 6. The third kappa shape index (κ3) is 6.74. The Morgan fingerprint density at radius 2 is 1.77 bits per heavy atom. The summed E-state index contributed by atoms with van der Waals surface area (Å²) in [4.78, 5) is 34.3. The van der Waals surface area contributed by atoms with Gasteiger partial charge in [0, 0.05) is 31.9 Å². The molecule has 0 radical (unpaired) electrons. The van der Waals surface area contributed by atoms with Gasteiger partial charge in [-0.05, 0) is 49.1 Å². The van der Waals surface area contributed by atoms with Crippen molar-refractivity contribution in [3.05, 3.63) is 99.8 Å². The van der Waals surface area contributed by atoms with E-state index >= 15 is 0 Å². The first kappa shape index (κ1) is 27.9. The number of ether oxygens (including phenoxy) is 1. The second-order valence-electron chi connectivity index (χ2n) is 10.1. The van der Waals surface area contributed by atoms with Crippen molar-refractivity contribution in [3.63, 3.8) is 0 Å². The number of benzene rings is 3. The maximum atomic E-state index is 13.9. The Labute approximate surface area is 239 Å². The maximum Gasteiger partial charge on any atom is 0.262 e. The quantitative estimate of drug-likeness (QED) is 0.220. The van der Waals surface area contributed by atoms with Crippen LogP contribution in [-0.2, 0) is 29.0 Å². The van der Waals surface area contributed by atoms with Crippen LogP contribution in [0.2, 0.25) is 0 Å². The Balaban J connectivity index is 1.43. The van der Waals surface area contributed by atoms with Crippen LogP contribution < -0.4 is 15.8 Å². The number of aryl methyl sites for hydroxylation is 2. The standard InChI is InChI=1S/C32H36N4O3S/c1-3-29(30(37)33-22-25-11-9-23(2)10-12-25)40-32-34-28-14-13-26(35-17-19-39-20-18-35)21-27(28)31(38)36(32)16-15-24-7-5-4-6-8-24/h4-14,21,29H,3,15-20,22H2,1-2H3,(H,33,37)/t29-/m1/s1. The van der Waals surface area contributed by atoms with Gasteiger partial charge in [-0.3, -0.25) is 14.2 Å². The number of fused-ring (bicyclic) bond motifs is 1. The van der Waals surface area contributed by atoms with E-state index in [9.17, 15) is 9.59 Å². The van der Waals surface area contributed by atoms with E-state index in [1.165, 1.54) is 17.3 Å². The fourth-order valence-corrected chi connectivity index (χ4v) is 5.90. The lowest BCUT2D eigenvalue weighted by molar-refractivity contribution is -0.120. The van der Waals surface area contributed by atoms with E-state index in [0.29, 0.717) is 55.2 Å². The SMILES string of the molecule is CC[C@@H](Sc1nc2ccc(N3CCOCC3)cc2c(=O)n1CCc1ccccc1)C(=O)NCc1ccc(C)cc1. The molecule has 1 atom stereocenters. The first-order valence-corrected chi connectivity index (χ1v) is 14.8. The summed E-state index contributed by atoms with van der Waals surface area (Å²) >= 11 is 1.37. The van der Waals surface area contributed by atoms with Crippen molar-refractivity contribution in [2.24, 2.45) is 0 Å². The molecule has 1 fully saturated rings. The number of nitrogens with zero attached hydrogens (tertiary/aromatic N) is 3. The zero-order valence-corrected chi connectivity index (χ0v) is 24.0. The maximum absolute atomic E-state index is 13.9. The largest absolute Gasteiger partial charge is 0.378 e. The summed E-state index contributed by atoms with van der Waals surface area (Å²) in [5, 5.41) is 3.87. The van der Waals surface area contributed by atoms with Crippen LogP contribution in [0.15, 0.2) is 82.7 Å². The Morgan fingerprint density at radius 3 is 2.50 bits per heavy atom. The van der Waals surface area contributed by atoms with Crippen molar-refractivity contribution in [1.82, 2.24) is 14.9 Å². The van der Waals surface area contributed by atoms with Crippen LogP contribution in [0.4, 0.5) is 5.69 Å². The molecule has 7 nitrogen and oxygen atoms in total. The van der Waals surface area contributed by atoms with Gasteiger partial charge in [0.05, 0.1) is 29.4 Å². The second kappa shape index (κ2) is 13.2. The molecule has 8 heteroatoms. The molecule has 0 unspecified atom stereocenters. The fourth-order valence-electron chi connectivity index (χ4n) is 4.84. The minimum Gasteiger partial charge on any atom is -0.378 e. The minimum absolute atomic E-state index is 0.0558. The van der Waals surface area contributed by atoms with Gasteiger partial charge in [0.25, 0.3) is 5.56 Å². The number of anilines is 1. The summed E-state index contributed by atoms with van der Waals surface area (Å²) < 4.78 is 7.25. The highest BCUT2D eigenvalue weighted by atomic mass is 32.2. The number of nitrogens with one attached hydrogen (secondary N) is 1. The van der Waals surface area contributed by atoms with Gasteiger partial charge in [0.15, 0.2) is 5.16 Å². The van der Waals surface area contributed by atoms with E-state index in [1.54, 1.807) is 4.57 Å². The molecule has 4 aromatic rings. The average molecular weight is 557 g/mol. The number of thioether (sulfide) groups is 1. The monoisotopic (exact) mass is 556 g/mol. The van der Waals surface area contributed by atoms with Gasteiger partial charge in [-0.25, -0.2) is 4.98 Å². The zero-order valence-electron chi connectivity index (χ0n) is 23.1. The number of morpholine rings is 1. The van der Waals surface area contributed by atoms with Crippen molar-refractivity contribution in [1.29, 1.82) is 0 Å². The first-order chi connectivity index (χ1) is 19.5. The van der Waals surface area contributed by atoms with Crippen molar-refractivity contribution in [3.8, 4) is 0 Å². The predicted octanol–water partition coefficient (Wildman–Crippen LogP) is 4.97. The Morgan fingerprint density at radius 1 is 1.02 bits per heavy atom. The van der Waals surface area contributed by atoms with Crippen LogP contribution >= 0.6 is 11.8 Å². The molecule has 0 aliphatic carbocycles. The van der Waals surface area contributed by atoms with Crippen LogP contribution in [-0.4, -0.2) is 47.0 Å². The molecule has 1 saturated heterocycles. The molecule has 5 rings (SSSR count). The molecular weight excluding hydrogens is 520 g/mol. The highest BCUT2D eigenvalue weighted by molar-refractivity contribution is 8.00. The van der Waals surface area contributed by atoms with Crippen LogP contribution in [0.5, 0.6) is 0 Å². The number of carbonyl (C=O) groups excluding carboxylic acids is 1. The van der Waals surface area contributed by atoms with Gasteiger partial charge in [-0.1, -0.05) is 78.8 Å². The molecule has 3 aromatic carbocycles. The van der Waals surface area contributed by atoms with Crippen LogP contribution in [0.25, 0.3) is 10.9 Å². The van der Waals surface area contributed by atoms with Gasteiger partial charge in [0.1, 0.15) is 0 Å². The van der Waals surface area contributed by atoms with Crippen LogP contribution in [0.3, 0.4) is 0 Å². The fraction of sp³-hybridized carbons (Fsp3) is 0.344. The number of carbonyl (C=O) groups is 1. The van der Waals surface area contributed by atoms with Crippen molar-refractivity contribution >= 4 is 34.3 Å². The Kier molecular flexibility index (Phi) is 9.19. The lowest BCUT2D eigenvalue weighted by Crippen LogP contribution is -2.36.